The minimum Gasteiger partial charge on any atom is -0.484 e. The molecule has 2 saturated heterocycles. The first-order chi connectivity index (χ1) is 15.4. The molecule has 0 aromatic heterocycles. The Morgan fingerprint density at radius 3 is 2.62 bits per heavy atom. The third-order valence-electron chi connectivity index (χ3n) is 6.29. The molecule has 1 unspecified atom stereocenters. The quantitative estimate of drug-likeness (QED) is 0.755. The van der Waals surface area contributed by atoms with Crippen molar-refractivity contribution in [3.63, 3.8) is 0 Å². The van der Waals surface area contributed by atoms with Crippen LogP contribution in [-0.2, 0) is 14.4 Å². The van der Waals surface area contributed by atoms with Gasteiger partial charge in [-0.15, -0.1) is 0 Å². The number of benzene rings is 2. The Morgan fingerprint density at radius 1 is 1.09 bits per heavy atom. The molecule has 2 aliphatic heterocycles. The minimum absolute atomic E-state index is 0.0146. The van der Waals surface area contributed by atoms with Crippen LogP contribution in [0.2, 0.25) is 0 Å². The van der Waals surface area contributed by atoms with Crippen molar-refractivity contribution in [2.75, 3.05) is 36.5 Å². The maximum Gasteiger partial charge on any atom is 0.260 e. The van der Waals surface area contributed by atoms with Gasteiger partial charge in [0.05, 0.1) is 5.92 Å². The summed E-state index contributed by atoms with van der Waals surface area (Å²) in [5, 5.41) is 2.89. The number of ether oxygens (including phenoxy) is 1. The number of nitrogens with one attached hydrogen (secondary N) is 1. The lowest BCUT2D eigenvalue weighted by atomic mass is 10.1. The maximum absolute atomic E-state index is 12.8. The van der Waals surface area contributed by atoms with Gasteiger partial charge in [0.25, 0.3) is 5.91 Å². The number of aryl methyl sites for hydroxylation is 1. The van der Waals surface area contributed by atoms with Gasteiger partial charge < -0.3 is 19.9 Å². The molecule has 2 heterocycles. The molecule has 4 rings (SSSR count). The molecule has 2 aliphatic rings. The lowest BCUT2D eigenvalue weighted by Gasteiger charge is -2.20. The molecule has 2 fully saturated rings. The Balaban J connectivity index is 1.35. The molecule has 32 heavy (non-hydrogen) atoms. The lowest BCUT2D eigenvalue weighted by Crippen LogP contribution is -2.32. The summed E-state index contributed by atoms with van der Waals surface area (Å²) in [5.74, 6) is -0.167. The molecule has 2 aromatic rings. The van der Waals surface area contributed by atoms with Gasteiger partial charge in [-0.3, -0.25) is 14.4 Å². The summed E-state index contributed by atoms with van der Waals surface area (Å²) < 4.78 is 5.64. The summed E-state index contributed by atoms with van der Waals surface area (Å²) in [4.78, 5) is 41.1. The summed E-state index contributed by atoms with van der Waals surface area (Å²) in [6, 6.07) is 12.9. The van der Waals surface area contributed by atoms with Crippen LogP contribution in [0.25, 0.3) is 0 Å². The zero-order valence-electron chi connectivity index (χ0n) is 18.6. The van der Waals surface area contributed by atoms with Crippen LogP contribution in [0.1, 0.15) is 30.4 Å². The number of likely N-dealkylation sites (tertiary alicyclic amines) is 1. The van der Waals surface area contributed by atoms with Crippen LogP contribution < -0.4 is 15.0 Å². The second-order valence-corrected chi connectivity index (χ2v) is 8.52. The van der Waals surface area contributed by atoms with Gasteiger partial charge in [0.15, 0.2) is 6.61 Å². The number of rotatable bonds is 6. The number of hydrogen-bond acceptors (Lipinski definition) is 4. The molecule has 7 heteroatoms. The summed E-state index contributed by atoms with van der Waals surface area (Å²) in [7, 11) is 0. The van der Waals surface area contributed by atoms with Crippen molar-refractivity contribution < 1.29 is 19.1 Å². The molecule has 0 radical (unpaired) electrons. The van der Waals surface area contributed by atoms with Gasteiger partial charge in [0.1, 0.15) is 5.75 Å². The molecule has 7 nitrogen and oxygen atoms in total. The van der Waals surface area contributed by atoms with E-state index in [0.717, 1.165) is 42.7 Å². The monoisotopic (exact) mass is 435 g/mol. The molecule has 1 atom stereocenters. The first-order valence-corrected chi connectivity index (χ1v) is 11.1. The second-order valence-electron chi connectivity index (χ2n) is 8.52. The smallest absolute Gasteiger partial charge is 0.260 e. The standard InChI is InChI=1S/C25H29N3O4/c1-17-7-5-10-22(18(17)2)28-15-19(13-23(28)29)25(31)26-20-8-6-9-21(14-20)32-16-24(30)27-11-3-4-12-27/h5-10,14,19H,3-4,11-13,15-16H2,1-2H3,(H,26,31). The zero-order chi connectivity index (χ0) is 22.7. The van der Waals surface area contributed by atoms with Crippen molar-refractivity contribution in [1.82, 2.24) is 4.90 Å². The molecule has 0 bridgehead atoms. The number of carbonyl (C=O) groups excluding carboxylic acids is 3. The molecule has 168 valence electrons. The fourth-order valence-electron chi connectivity index (χ4n) is 4.25. The Kier molecular flexibility index (Phi) is 6.44. The molecule has 0 spiro atoms. The molecule has 2 aromatic carbocycles. The van der Waals surface area contributed by atoms with E-state index in [2.05, 4.69) is 5.32 Å². The maximum atomic E-state index is 12.8. The van der Waals surface area contributed by atoms with E-state index in [1.807, 2.05) is 36.9 Å². The minimum atomic E-state index is -0.427. The van der Waals surface area contributed by atoms with Crippen molar-refractivity contribution >= 4 is 29.1 Å². The van der Waals surface area contributed by atoms with Crippen LogP contribution in [0, 0.1) is 19.8 Å². The van der Waals surface area contributed by atoms with Crippen LogP contribution in [0.5, 0.6) is 5.75 Å². The van der Waals surface area contributed by atoms with Gasteiger partial charge in [0, 0.05) is 43.5 Å². The molecular weight excluding hydrogens is 406 g/mol. The van der Waals surface area contributed by atoms with Gasteiger partial charge >= 0.3 is 0 Å². The van der Waals surface area contributed by atoms with E-state index in [1.54, 1.807) is 29.2 Å². The molecule has 0 saturated carbocycles. The van der Waals surface area contributed by atoms with Crippen molar-refractivity contribution in [2.45, 2.75) is 33.1 Å². The third-order valence-corrected chi connectivity index (χ3v) is 6.29. The highest BCUT2D eigenvalue weighted by Crippen LogP contribution is 2.30. The van der Waals surface area contributed by atoms with E-state index in [-0.39, 0.29) is 30.7 Å². The Labute approximate surface area is 188 Å². The highest BCUT2D eigenvalue weighted by Gasteiger charge is 2.35. The van der Waals surface area contributed by atoms with Crippen molar-refractivity contribution in [3.8, 4) is 5.75 Å². The molecule has 1 N–H and O–H groups in total. The molecule has 3 amide bonds. The third kappa shape index (κ3) is 4.77. The van der Waals surface area contributed by atoms with E-state index >= 15 is 0 Å². The van der Waals surface area contributed by atoms with Crippen LogP contribution in [0.15, 0.2) is 42.5 Å². The number of carbonyl (C=O) groups is 3. The second kappa shape index (κ2) is 9.42. The Bertz CT molecular complexity index is 1030. The van der Waals surface area contributed by atoms with Gasteiger partial charge in [-0.25, -0.2) is 0 Å². The predicted molar refractivity (Wildman–Crippen MR) is 123 cm³/mol. The first kappa shape index (κ1) is 21.9. The van der Waals surface area contributed by atoms with Gasteiger partial charge in [-0.05, 0) is 56.0 Å². The summed E-state index contributed by atoms with van der Waals surface area (Å²) in [6.07, 6.45) is 2.26. The number of amides is 3. The van der Waals surface area contributed by atoms with E-state index < -0.39 is 5.92 Å². The van der Waals surface area contributed by atoms with E-state index in [0.29, 0.717) is 18.0 Å². The fourth-order valence-corrected chi connectivity index (χ4v) is 4.25. The van der Waals surface area contributed by atoms with Crippen LogP contribution in [0.4, 0.5) is 11.4 Å². The highest BCUT2D eigenvalue weighted by atomic mass is 16.5. The van der Waals surface area contributed by atoms with Crippen molar-refractivity contribution in [1.29, 1.82) is 0 Å². The Morgan fingerprint density at radius 2 is 1.84 bits per heavy atom. The Hall–Kier alpha value is -3.35. The van der Waals surface area contributed by atoms with Crippen LogP contribution in [-0.4, -0.2) is 48.9 Å². The largest absolute Gasteiger partial charge is 0.484 e. The summed E-state index contributed by atoms with van der Waals surface area (Å²) in [6.45, 7) is 5.92. The summed E-state index contributed by atoms with van der Waals surface area (Å²) >= 11 is 0. The number of anilines is 2. The van der Waals surface area contributed by atoms with Gasteiger partial charge in [-0.2, -0.15) is 0 Å². The lowest BCUT2D eigenvalue weighted by molar-refractivity contribution is -0.132. The number of hydrogen-bond donors (Lipinski definition) is 1. The fraction of sp³-hybridized carbons (Fsp3) is 0.400. The van der Waals surface area contributed by atoms with E-state index in [4.69, 9.17) is 4.74 Å². The number of nitrogens with zero attached hydrogens (tertiary/aromatic N) is 2. The SMILES string of the molecule is Cc1cccc(N2CC(C(=O)Nc3cccc(OCC(=O)N4CCCC4)c3)CC2=O)c1C. The van der Waals surface area contributed by atoms with E-state index in [1.165, 1.54) is 0 Å². The van der Waals surface area contributed by atoms with Gasteiger partial charge in [-0.1, -0.05) is 18.2 Å². The average Bonchev–Trinajstić information content (AvgIpc) is 3.45. The van der Waals surface area contributed by atoms with Crippen molar-refractivity contribution in [2.24, 2.45) is 5.92 Å². The predicted octanol–water partition coefficient (Wildman–Crippen LogP) is 3.30. The summed E-state index contributed by atoms with van der Waals surface area (Å²) in [5.41, 5.74) is 3.61. The topological polar surface area (TPSA) is 79.0 Å². The van der Waals surface area contributed by atoms with Crippen LogP contribution in [0.3, 0.4) is 0 Å². The normalized spacial score (nSPS) is 18.2. The highest BCUT2D eigenvalue weighted by molar-refractivity contribution is 6.04. The molecule has 0 aliphatic carbocycles. The first-order valence-electron chi connectivity index (χ1n) is 11.1. The molecular formula is C25H29N3O4. The van der Waals surface area contributed by atoms with Crippen molar-refractivity contribution in [3.05, 3.63) is 53.6 Å². The van der Waals surface area contributed by atoms with E-state index in [9.17, 15) is 14.4 Å². The average molecular weight is 436 g/mol. The zero-order valence-corrected chi connectivity index (χ0v) is 18.6. The van der Waals surface area contributed by atoms with Gasteiger partial charge in [0.2, 0.25) is 11.8 Å². The van der Waals surface area contributed by atoms with Crippen LogP contribution >= 0.6 is 0 Å².